The molecule has 2 atom stereocenters. The van der Waals surface area contributed by atoms with Crippen LogP contribution in [0, 0.1) is 0 Å². The molecule has 0 spiro atoms. The van der Waals surface area contributed by atoms with Crippen molar-refractivity contribution >= 4 is 17.7 Å². The molecule has 26 heavy (non-hydrogen) atoms. The van der Waals surface area contributed by atoms with Crippen LogP contribution in [-0.4, -0.2) is 27.7 Å². The molecule has 0 saturated heterocycles. The quantitative estimate of drug-likeness (QED) is 0.613. The Hall–Kier alpha value is -2.73. The molecular weight excluding hydrogens is 348 g/mol. The molecule has 6 heteroatoms. The van der Waals surface area contributed by atoms with Crippen molar-refractivity contribution in [2.24, 2.45) is 0 Å². The molecule has 0 bridgehead atoms. The molecule has 2 aromatic carbocycles. The van der Waals surface area contributed by atoms with Crippen LogP contribution >= 0.6 is 11.8 Å². The van der Waals surface area contributed by atoms with E-state index in [-0.39, 0.29) is 16.9 Å². The predicted octanol–water partition coefficient (Wildman–Crippen LogP) is 4.68. The molecule has 2 unspecified atom stereocenters. The molecule has 0 aliphatic heterocycles. The molecule has 0 saturated carbocycles. The van der Waals surface area contributed by atoms with Crippen LogP contribution in [0.5, 0.6) is 5.75 Å². The van der Waals surface area contributed by atoms with E-state index >= 15 is 0 Å². The number of rotatable bonds is 7. The first-order chi connectivity index (χ1) is 12.6. The number of hydrogen-bond acceptors (Lipinski definition) is 4. The molecule has 0 aliphatic carbocycles. The molecule has 134 valence electrons. The Morgan fingerprint density at radius 1 is 1.19 bits per heavy atom. The van der Waals surface area contributed by atoms with E-state index in [9.17, 15) is 4.79 Å². The van der Waals surface area contributed by atoms with Crippen LogP contribution in [0.2, 0.25) is 0 Å². The second-order valence-corrected chi connectivity index (χ2v) is 7.07. The second-order valence-electron chi connectivity index (χ2n) is 5.88. The van der Waals surface area contributed by atoms with Gasteiger partial charge in [0.05, 0.1) is 24.4 Å². The van der Waals surface area contributed by atoms with Crippen LogP contribution in [0.25, 0.3) is 0 Å². The van der Waals surface area contributed by atoms with Crippen molar-refractivity contribution in [2.75, 3.05) is 7.11 Å². The van der Waals surface area contributed by atoms with Crippen molar-refractivity contribution in [3.8, 4) is 5.75 Å². The SMILES string of the molecule is COc1ccccc1C(C)C(Sc1ccc(C(=O)O)cc1)n1ccnc1. The largest absolute Gasteiger partial charge is 0.496 e. The number of aromatic carboxylic acids is 1. The first kappa shape index (κ1) is 18.1. The fourth-order valence-electron chi connectivity index (χ4n) is 2.85. The molecule has 1 aromatic heterocycles. The average Bonchev–Trinajstić information content (AvgIpc) is 3.20. The van der Waals surface area contributed by atoms with Gasteiger partial charge in [-0.05, 0) is 35.9 Å². The number of nitrogens with zero attached hydrogens (tertiary/aromatic N) is 2. The normalized spacial score (nSPS) is 13.2. The molecule has 0 amide bonds. The minimum Gasteiger partial charge on any atom is -0.496 e. The number of carboxylic acid groups (broad SMARTS) is 1. The lowest BCUT2D eigenvalue weighted by atomic mass is 9.99. The highest BCUT2D eigenvalue weighted by atomic mass is 32.2. The second kappa shape index (κ2) is 8.10. The first-order valence-corrected chi connectivity index (χ1v) is 9.08. The zero-order valence-corrected chi connectivity index (χ0v) is 15.4. The van der Waals surface area contributed by atoms with Gasteiger partial charge in [-0.15, -0.1) is 11.8 Å². The van der Waals surface area contributed by atoms with E-state index in [4.69, 9.17) is 9.84 Å². The van der Waals surface area contributed by atoms with E-state index in [0.29, 0.717) is 0 Å². The van der Waals surface area contributed by atoms with Crippen molar-refractivity contribution in [2.45, 2.75) is 23.1 Å². The number of aromatic nitrogens is 2. The van der Waals surface area contributed by atoms with Gasteiger partial charge in [0, 0.05) is 23.2 Å². The fraction of sp³-hybridized carbons (Fsp3) is 0.200. The Labute approximate surface area is 156 Å². The number of thioether (sulfide) groups is 1. The number of benzene rings is 2. The summed E-state index contributed by atoms with van der Waals surface area (Å²) in [5.74, 6) is 0.0755. The number of para-hydroxylation sites is 1. The summed E-state index contributed by atoms with van der Waals surface area (Å²) < 4.78 is 7.59. The number of carboxylic acids is 1. The number of methoxy groups -OCH3 is 1. The van der Waals surface area contributed by atoms with Crippen LogP contribution in [0.15, 0.2) is 72.1 Å². The lowest BCUT2D eigenvalue weighted by Crippen LogP contribution is -2.12. The molecule has 3 aromatic rings. The summed E-state index contributed by atoms with van der Waals surface area (Å²) in [4.78, 5) is 16.2. The Kier molecular flexibility index (Phi) is 5.63. The summed E-state index contributed by atoms with van der Waals surface area (Å²) in [7, 11) is 1.68. The summed E-state index contributed by atoms with van der Waals surface area (Å²) in [6, 6.07) is 14.9. The lowest BCUT2D eigenvalue weighted by molar-refractivity contribution is 0.0697. The molecule has 1 heterocycles. The summed E-state index contributed by atoms with van der Waals surface area (Å²) >= 11 is 1.66. The number of hydrogen-bond donors (Lipinski definition) is 1. The maximum Gasteiger partial charge on any atom is 0.335 e. The highest BCUT2D eigenvalue weighted by Crippen LogP contribution is 2.43. The molecule has 0 aliphatic rings. The number of ether oxygens (including phenoxy) is 1. The molecule has 0 radical (unpaired) electrons. The monoisotopic (exact) mass is 368 g/mol. The zero-order valence-electron chi connectivity index (χ0n) is 14.6. The van der Waals surface area contributed by atoms with Gasteiger partial charge in [-0.2, -0.15) is 0 Å². The molecular formula is C20H20N2O3S. The van der Waals surface area contributed by atoms with Crippen molar-refractivity contribution < 1.29 is 14.6 Å². The third-order valence-electron chi connectivity index (χ3n) is 4.23. The Balaban J connectivity index is 1.92. The van der Waals surface area contributed by atoms with E-state index in [1.807, 2.05) is 36.5 Å². The molecule has 5 nitrogen and oxygen atoms in total. The Bertz CT molecular complexity index is 863. The van der Waals surface area contributed by atoms with Crippen LogP contribution in [0.3, 0.4) is 0 Å². The Morgan fingerprint density at radius 2 is 1.92 bits per heavy atom. The lowest BCUT2D eigenvalue weighted by Gasteiger charge is -2.26. The van der Waals surface area contributed by atoms with Gasteiger partial charge in [0.15, 0.2) is 0 Å². The van der Waals surface area contributed by atoms with E-state index in [0.717, 1.165) is 16.2 Å². The summed E-state index contributed by atoms with van der Waals surface area (Å²) in [5.41, 5.74) is 1.40. The predicted molar refractivity (Wildman–Crippen MR) is 102 cm³/mol. The van der Waals surface area contributed by atoms with Crippen molar-refractivity contribution in [1.29, 1.82) is 0 Å². The van der Waals surface area contributed by atoms with Crippen molar-refractivity contribution in [3.05, 3.63) is 78.4 Å². The van der Waals surface area contributed by atoms with Gasteiger partial charge in [-0.1, -0.05) is 25.1 Å². The highest BCUT2D eigenvalue weighted by Gasteiger charge is 2.24. The first-order valence-electron chi connectivity index (χ1n) is 8.20. The van der Waals surface area contributed by atoms with E-state index in [1.54, 1.807) is 43.5 Å². The van der Waals surface area contributed by atoms with Crippen LogP contribution in [-0.2, 0) is 0 Å². The smallest absolute Gasteiger partial charge is 0.335 e. The van der Waals surface area contributed by atoms with Gasteiger partial charge in [0.1, 0.15) is 5.75 Å². The summed E-state index contributed by atoms with van der Waals surface area (Å²) in [6.07, 6.45) is 5.50. The molecule has 3 rings (SSSR count). The number of carbonyl (C=O) groups is 1. The molecule has 0 fully saturated rings. The topological polar surface area (TPSA) is 64.3 Å². The zero-order chi connectivity index (χ0) is 18.5. The van der Waals surface area contributed by atoms with Gasteiger partial charge in [-0.25, -0.2) is 9.78 Å². The van der Waals surface area contributed by atoms with Crippen LogP contribution in [0.4, 0.5) is 0 Å². The standard InChI is InChI=1S/C20H20N2O3S/c1-14(17-5-3-4-6-18(17)25-2)19(22-12-11-21-13-22)26-16-9-7-15(8-10-16)20(23)24/h3-14,19H,1-2H3,(H,23,24). The van der Waals surface area contributed by atoms with Gasteiger partial charge in [0.2, 0.25) is 0 Å². The van der Waals surface area contributed by atoms with Gasteiger partial charge in [0.25, 0.3) is 0 Å². The maximum absolute atomic E-state index is 11.1. The minimum absolute atomic E-state index is 0.0458. The third kappa shape index (κ3) is 3.91. The van der Waals surface area contributed by atoms with Crippen LogP contribution < -0.4 is 4.74 Å². The molecule has 1 N–H and O–H groups in total. The third-order valence-corrected chi connectivity index (χ3v) is 5.67. The average molecular weight is 368 g/mol. The van der Waals surface area contributed by atoms with E-state index in [2.05, 4.69) is 22.5 Å². The van der Waals surface area contributed by atoms with Crippen molar-refractivity contribution in [3.63, 3.8) is 0 Å². The highest BCUT2D eigenvalue weighted by molar-refractivity contribution is 7.99. The van der Waals surface area contributed by atoms with E-state index in [1.165, 1.54) is 0 Å². The van der Waals surface area contributed by atoms with Crippen LogP contribution in [0.1, 0.15) is 34.1 Å². The van der Waals surface area contributed by atoms with Gasteiger partial charge < -0.3 is 14.4 Å². The maximum atomic E-state index is 11.1. The van der Waals surface area contributed by atoms with Crippen molar-refractivity contribution in [1.82, 2.24) is 9.55 Å². The fourth-order valence-corrected chi connectivity index (χ4v) is 4.02. The summed E-state index contributed by atoms with van der Waals surface area (Å²) in [6.45, 7) is 2.15. The Morgan fingerprint density at radius 3 is 2.54 bits per heavy atom. The van der Waals surface area contributed by atoms with Gasteiger partial charge in [-0.3, -0.25) is 0 Å². The minimum atomic E-state index is -0.921. The van der Waals surface area contributed by atoms with E-state index < -0.39 is 5.97 Å². The number of imidazole rings is 1. The summed E-state index contributed by atoms with van der Waals surface area (Å²) in [5, 5.41) is 9.12. The van der Waals surface area contributed by atoms with Gasteiger partial charge >= 0.3 is 5.97 Å².